The number of nitrogens with one attached hydrogen (secondary N) is 1. The van der Waals surface area contributed by atoms with Crippen LogP contribution in [0.1, 0.15) is 18.9 Å². The van der Waals surface area contributed by atoms with E-state index in [9.17, 15) is 12.8 Å². The number of ether oxygens (including phenoxy) is 1. The quantitative estimate of drug-likeness (QED) is 0.892. The van der Waals surface area contributed by atoms with Crippen LogP contribution in [0.2, 0.25) is 0 Å². The molecule has 1 aromatic rings. The summed E-state index contributed by atoms with van der Waals surface area (Å²) < 4.78 is 44.9. The second-order valence-electron chi connectivity index (χ2n) is 4.72. The van der Waals surface area contributed by atoms with Crippen molar-refractivity contribution >= 4 is 10.0 Å². The number of hydrogen-bond donors (Lipinski definition) is 1. The van der Waals surface area contributed by atoms with Gasteiger partial charge < -0.3 is 4.74 Å². The maximum Gasteiger partial charge on any atom is 0.217 e. The zero-order valence-electron chi connectivity index (χ0n) is 10.8. The van der Waals surface area contributed by atoms with Crippen LogP contribution in [-0.4, -0.2) is 32.9 Å². The summed E-state index contributed by atoms with van der Waals surface area (Å²) in [4.78, 5) is 0. The average Bonchev–Trinajstić information content (AvgIpc) is 2.76. The van der Waals surface area contributed by atoms with E-state index in [0.717, 1.165) is 5.56 Å². The minimum absolute atomic E-state index is 0.272. The zero-order valence-corrected chi connectivity index (χ0v) is 11.6. The molecule has 2 atom stereocenters. The molecule has 1 saturated heterocycles. The summed E-state index contributed by atoms with van der Waals surface area (Å²) in [6.45, 7) is 2.52. The van der Waals surface area contributed by atoms with E-state index in [1.165, 1.54) is 12.1 Å². The van der Waals surface area contributed by atoms with Crippen LogP contribution in [0.4, 0.5) is 4.39 Å². The van der Waals surface area contributed by atoms with E-state index in [1.54, 1.807) is 19.1 Å². The number of sulfonamides is 1. The molecule has 106 valence electrons. The standard InChI is InChI=1S/C13H18FNO3S/c1-10-13(6-8-18-10)19(16,17)15-7-5-11-3-2-4-12(14)9-11/h2-4,9-10,13,15H,5-8H2,1H3. The van der Waals surface area contributed by atoms with Crippen LogP contribution >= 0.6 is 0 Å². The van der Waals surface area contributed by atoms with E-state index in [-0.39, 0.29) is 18.5 Å². The van der Waals surface area contributed by atoms with Crippen molar-refractivity contribution in [1.29, 1.82) is 0 Å². The molecule has 0 amide bonds. The Balaban J connectivity index is 1.88. The second kappa shape index (κ2) is 5.98. The first-order chi connectivity index (χ1) is 8.99. The summed E-state index contributed by atoms with van der Waals surface area (Å²) in [5.41, 5.74) is 0.776. The lowest BCUT2D eigenvalue weighted by atomic mass is 10.1. The van der Waals surface area contributed by atoms with Gasteiger partial charge in [0.25, 0.3) is 0 Å². The van der Waals surface area contributed by atoms with E-state index >= 15 is 0 Å². The number of hydrogen-bond acceptors (Lipinski definition) is 3. The summed E-state index contributed by atoms with van der Waals surface area (Å²) in [6.07, 6.45) is 0.724. The lowest BCUT2D eigenvalue weighted by molar-refractivity contribution is 0.126. The van der Waals surface area contributed by atoms with Crippen LogP contribution in [0.15, 0.2) is 24.3 Å². The van der Waals surface area contributed by atoms with Gasteiger partial charge in [0.05, 0.1) is 6.10 Å². The van der Waals surface area contributed by atoms with Gasteiger partial charge in [0, 0.05) is 13.2 Å². The summed E-state index contributed by atoms with van der Waals surface area (Å²) in [5.74, 6) is -0.307. The molecule has 0 aromatic heterocycles. The van der Waals surface area contributed by atoms with Gasteiger partial charge in [-0.25, -0.2) is 17.5 Å². The molecule has 0 radical (unpaired) electrons. The normalized spacial score (nSPS) is 23.7. The Morgan fingerprint density at radius 1 is 1.47 bits per heavy atom. The Morgan fingerprint density at radius 2 is 2.26 bits per heavy atom. The van der Waals surface area contributed by atoms with Crippen molar-refractivity contribution in [1.82, 2.24) is 4.72 Å². The van der Waals surface area contributed by atoms with Crippen LogP contribution in [0.25, 0.3) is 0 Å². The van der Waals surface area contributed by atoms with Crippen molar-refractivity contribution in [3.05, 3.63) is 35.6 Å². The lowest BCUT2D eigenvalue weighted by Gasteiger charge is -2.15. The molecule has 1 aliphatic heterocycles. The smallest absolute Gasteiger partial charge is 0.217 e. The van der Waals surface area contributed by atoms with Gasteiger partial charge >= 0.3 is 0 Å². The van der Waals surface area contributed by atoms with Crippen molar-refractivity contribution < 1.29 is 17.5 Å². The number of benzene rings is 1. The van der Waals surface area contributed by atoms with Crippen molar-refractivity contribution in [3.63, 3.8) is 0 Å². The van der Waals surface area contributed by atoms with E-state index in [2.05, 4.69) is 4.72 Å². The molecule has 0 bridgehead atoms. The van der Waals surface area contributed by atoms with Crippen molar-refractivity contribution in [2.24, 2.45) is 0 Å². The highest BCUT2D eigenvalue weighted by Crippen LogP contribution is 2.19. The predicted octanol–water partition coefficient (Wildman–Crippen LogP) is 1.46. The highest BCUT2D eigenvalue weighted by atomic mass is 32.2. The first kappa shape index (κ1) is 14.4. The predicted molar refractivity (Wildman–Crippen MR) is 70.8 cm³/mol. The van der Waals surface area contributed by atoms with Crippen molar-refractivity contribution in [2.75, 3.05) is 13.2 Å². The van der Waals surface area contributed by atoms with Gasteiger partial charge in [0.1, 0.15) is 11.1 Å². The first-order valence-electron chi connectivity index (χ1n) is 6.33. The fourth-order valence-electron chi connectivity index (χ4n) is 2.26. The van der Waals surface area contributed by atoms with E-state index in [0.29, 0.717) is 19.4 Å². The fraction of sp³-hybridized carbons (Fsp3) is 0.538. The molecule has 1 N–H and O–H groups in total. The third-order valence-corrected chi connectivity index (χ3v) is 5.33. The highest BCUT2D eigenvalue weighted by molar-refractivity contribution is 7.90. The van der Waals surface area contributed by atoms with Gasteiger partial charge in [0.2, 0.25) is 10.0 Å². The molecule has 2 unspecified atom stereocenters. The van der Waals surface area contributed by atoms with Gasteiger partial charge in [-0.05, 0) is 37.5 Å². The second-order valence-corrected chi connectivity index (χ2v) is 6.71. The number of rotatable bonds is 5. The molecule has 4 nitrogen and oxygen atoms in total. The Labute approximate surface area is 113 Å². The Bertz CT molecular complexity index is 532. The summed E-state index contributed by atoms with van der Waals surface area (Å²) in [7, 11) is -3.36. The summed E-state index contributed by atoms with van der Waals surface area (Å²) >= 11 is 0. The van der Waals surface area contributed by atoms with Gasteiger partial charge in [-0.15, -0.1) is 0 Å². The maximum atomic E-state index is 13.0. The van der Waals surface area contributed by atoms with Crippen molar-refractivity contribution in [2.45, 2.75) is 31.1 Å². The molecule has 19 heavy (non-hydrogen) atoms. The summed E-state index contributed by atoms with van der Waals surface area (Å²) in [5, 5.41) is -0.486. The Hall–Kier alpha value is -0.980. The molecule has 1 heterocycles. The molecule has 0 saturated carbocycles. The average molecular weight is 287 g/mol. The highest BCUT2D eigenvalue weighted by Gasteiger charge is 2.35. The molecule has 1 aliphatic rings. The minimum Gasteiger partial charge on any atom is -0.377 e. The van der Waals surface area contributed by atoms with Crippen LogP contribution in [0.3, 0.4) is 0 Å². The van der Waals surface area contributed by atoms with Crippen LogP contribution < -0.4 is 4.72 Å². The zero-order chi connectivity index (χ0) is 13.9. The fourth-order valence-corrected chi connectivity index (χ4v) is 3.85. The third kappa shape index (κ3) is 3.75. The third-order valence-electron chi connectivity index (χ3n) is 3.31. The number of halogens is 1. The molecular weight excluding hydrogens is 269 g/mol. The van der Waals surface area contributed by atoms with E-state index < -0.39 is 15.3 Å². The molecule has 6 heteroatoms. The van der Waals surface area contributed by atoms with Gasteiger partial charge in [-0.2, -0.15) is 0 Å². The molecule has 1 aromatic carbocycles. The monoisotopic (exact) mass is 287 g/mol. The Morgan fingerprint density at radius 3 is 2.89 bits per heavy atom. The summed E-state index contributed by atoms with van der Waals surface area (Å²) in [6, 6.07) is 6.17. The maximum absolute atomic E-state index is 13.0. The first-order valence-corrected chi connectivity index (χ1v) is 7.88. The van der Waals surface area contributed by atoms with Crippen LogP contribution in [-0.2, 0) is 21.2 Å². The van der Waals surface area contributed by atoms with Gasteiger partial charge in [0.15, 0.2) is 0 Å². The van der Waals surface area contributed by atoms with E-state index in [1.807, 2.05) is 0 Å². The molecule has 0 spiro atoms. The molecule has 1 fully saturated rings. The largest absolute Gasteiger partial charge is 0.377 e. The molecule has 0 aliphatic carbocycles. The topological polar surface area (TPSA) is 55.4 Å². The molecule has 2 rings (SSSR count). The Kier molecular flexibility index (Phi) is 4.54. The van der Waals surface area contributed by atoms with Crippen molar-refractivity contribution in [3.8, 4) is 0 Å². The molecular formula is C13H18FNO3S. The van der Waals surface area contributed by atoms with E-state index in [4.69, 9.17) is 4.74 Å². The minimum atomic E-state index is -3.36. The van der Waals surface area contributed by atoms with Gasteiger partial charge in [-0.3, -0.25) is 0 Å². The van der Waals surface area contributed by atoms with Crippen LogP contribution in [0.5, 0.6) is 0 Å². The SMILES string of the molecule is CC1OCCC1S(=O)(=O)NCCc1cccc(F)c1. The van der Waals surface area contributed by atoms with Gasteiger partial charge in [-0.1, -0.05) is 12.1 Å². The van der Waals surface area contributed by atoms with Crippen LogP contribution in [0, 0.1) is 5.82 Å². The lowest BCUT2D eigenvalue weighted by Crippen LogP contribution is -2.39.